The van der Waals surface area contributed by atoms with Gasteiger partial charge in [0.1, 0.15) is 6.04 Å². The zero-order valence-electron chi connectivity index (χ0n) is 11.7. The van der Waals surface area contributed by atoms with Crippen LogP contribution in [0.1, 0.15) is 26.7 Å². The lowest BCUT2D eigenvalue weighted by molar-refractivity contribution is -0.142. The Kier molecular flexibility index (Phi) is 5.96. The van der Waals surface area contributed by atoms with E-state index in [0.29, 0.717) is 6.42 Å². The average molecular weight is 280 g/mol. The van der Waals surface area contributed by atoms with E-state index in [4.69, 9.17) is 5.11 Å². The number of nitrogens with zero attached hydrogens (tertiary/aromatic N) is 1. The summed E-state index contributed by atoms with van der Waals surface area (Å²) >= 11 is 0. The van der Waals surface area contributed by atoms with Crippen LogP contribution in [0.15, 0.2) is 29.2 Å². The van der Waals surface area contributed by atoms with E-state index in [1.54, 1.807) is 18.3 Å². The van der Waals surface area contributed by atoms with Crippen LogP contribution in [0, 0.1) is 5.92 Å². The van der Waals surface area contributed by atoms with Gasteiger partial charge in [-0.1, -0.05) is 19.9 Å². The Balaban J connectivity index is 2.52. The first-order valence-corrected chi connectivity index (χ1v) is 6.57. The number of carboxylic acid groups (broad SMARTS) is 1. The number of amides is 1. The number of pyridine rings is 1. The van der Waals surface area contributed by atoms with Crippen LogP contribution in [0.4, 0.5) is 0 Å². The molecule has 0 unspecified atom stereocenters. The summed E-state index contributed by atoms with van der Waals surface area (Å²) < 4.78 is 1.41. The van der Waals surface area contributed by atoms with E-state index >= 15 is 0 Å². The molecule has 0 aliphatic carbocycles. The Bertz CT molecular complexity index is 522. The van der Waals surface area contributed by atoms with E-state index < -0.39 is 12.0 Å². The van der Waals surface area contributed by atoms with Crippen LogP contribution in [0.25, 0.3) is 0 Å². The average Bonchev–Trinajstić information content (AvgIpc) is 2.36. The van der Waals surface area contributed by atoms with Gasteiger partial charge in [-0.15, -0.1) is 0 Å². The molecule has 1 aromatic heterocycles. The van der Waals surface area contributed by atoms with E-state index in [1.807, 2.05) is 13.8 Å². The first kappa shape index (κ1) is 15.9. The van der Waals surface area contributed by atoms with E-state index in [2.05, 4.69) is 5.32 Å². The highest BCUT2D eigenvalue weighted by Gasteiger charge is 2.20. The Morgan fingerprint density at radius 2 is 2.05 bits per heavy atom. The predicted octanol–water partition coefficient (Wildman–Crippen LogP) is 0.854. The Morgan fingerprint density at radius 3 is 2.60 bits per heavy atom. The fourth-order valence-corrected chi connectivity index (χ4v) is 1.83. The maximum Gasteiger partial charge on any atom is 0.326 e. The number of carboxylic acids is 1. The standard InChI is InChI=1S/C14H20N2O4/c1-10(2)9-11(14(19)20)15-12(17)6-8-16-7-4-3-5-13(16)18/h3-5,7,10-11H,6,8-9H2,1-2H3,(H,15,17)(H,19,20)/t11-/m1/s1. The van der Waals surface area contributed by atoms with Gasteiger partial charge in [0.15, 0.2) is 0 Å². The highest BCUT2D eigenvalue weighted by atomic mass is 16.4. The van der Waals surface area contributed by atoms with E-state index in [9.17, 15) is 14.4 Å². The maximum atomic E-state index is 11.7. The lowest BCUT2D eigenvalue weighted by atomic mass is 10.0. The lowest BCUT2D eigenvalue weighted by Crippen LogP contribution is -2.42. The maximum absolute atomic E-state index is 11.7. The second kappa shape index (κ2) is 7.47. The Morgan fingerprint density at radius 1 is 1.35 bits per heavy atom. The summed E-state index contributed by atoms with van der Waals surface area (Å²) in [6, 6.07) is 3.87. The molecule has 0 bridgehead atoms. The molecule has 1 atom stereocenters. The largest absolute Gasteiger partial charge is 0.480 e. The molecule has 1 heterocycles. The van der Waals surface area contributed by atoms with Gasteiger partial charge < -0.3 is 15.0 Å². The van der Waals surface area contributed by atoms with Gasteiger partial charge in [-0.3, -0.25) is 9.59 Å². The van der Waals surface area contributed by atoms with Crippen molar-refractivity contribution in [2.24, 2.45) is 5.92 Å². The predicted molar refractivity (Wildman–Crippen MR) is 74.3 cm³/mol. The second-order valence-electron chi connectivity index (χ2n) is 5.07. The minimum Gasteiger partial charge on any atom is -0.480 e. The van der Waals surface area contributed by atoms with Crippen LogP contribution in [0.2, 0.25) is 0 Å². The minimum absolute atomic E-state index is 0.0752. The second-order valence-corrected chi connectivity index (χ2v) is 5.07. The summed E-state index contributed by atoms with van der Waals surface area (Å²) in [5.41, 5.74) is -0.183. The third-order valence-corrected chi connectivity index (χ3v) is 2.82. The van der Waals surface area contributed by atoms with Crippen molar-refractivity contribution in [3.63, 3.8) is 0 Å². The van der Waals surface area contributed by atoms with E-state index in [0.717, 1.165) is 0 Å². The first-order valence-electron chi connectivity index (χ1n) is 6.57. The summed E-state index contributed by atoms with van der Waals surface area (Å²) in [4.78, 5) is 34.2. The third-order valence-electron chi connectivity index (χ3n) is 2.82. The molecular formula is C14H20N2O4. The highest BCUT2D eigenvalue weighted by Crippen LogP contribution is 2.05. The van der Waals surface area contributed by atoms with Crippen molar-refractivity contribution in [1.82, 2.24) is 9.88 Å². The fourth-order valence-electron chi connectivity index (χ4n) is 1.83. The minimum atomic E-state index is -1.04. The molecule has 0 saturated heterocycles. The number of hydrogen-bond acceptors (Lipinski definition) is 3. The first-order chi connectivity index (χ1) is 9.40. The van der Waals surface area contributed by atoms with Crippen LogP contribution in [-0.2, 0) is 16.1 Å². The molecule has 6 heteroatoms. The van der Waals surface area contributed by atoms with Crippen molar-refractivity contribution in [3.8, 4) is 0 Å². The van der Waals surface area contributed by atoms with Gasteiger partial charge in [0.25, 0.3) is 5.56 Å². The smallest absolute Gasteiger partial charge is 0.326 e. The molecule has 0 saturated carbocycles. The Hall–Kier alpha value is -2.11. The molecule has 1 amide bonds. The summed E-state index contributed by atoms with van der Waals surface area (Å²) in [5.74, 6) is -1.23. The number of carbonyl (C=O) groups excluding carboxylic acids is 1. The molecule has 110 valence electrons. The molecule has 0 fully saturated rings. The van der Waals surface area contributed by atoms with Gasteiger partial charge in [0, 0.05) is 25.2 Å². The van der Waals surface area contributed by atoms with Crippen molar-refractivity contribution >= 4 is 11.9 Å². The van der Waals surface area contributed by atoms with Crippen LogP contribution in [-0.4, -0.2) is 27.6 Å². The van der Waals surface area contributed by atoms with Gasteiger partial charge in [0.2, 0.25) is 5.91 Å². The van der Waals surface area contributed by atoms with Crippen LogP contribution < -0.4 is 10.9 Å². The quantitative estimate of drug-likeness (QED) is 0.775. The van der Waals surface area contributed by atoms with Gasteiger partial charge in [-0.05, 0) is 18.4 Å². The lowest BCUT2D eigenvalue weighted by Gasteiger charge is -2.16. The van der Waals surface area contributed by atoms with Gasteiger partial charge in [-0.25, -0.2) is 4.79 Å². The van der Waals surface area contributed by atoms with Crippen LogP contribution in [0.5, 0.6) is 0 Å². The van der Waals surface area contributed by atoms with Gasteiger partial charge in [-0.2, -0.15) is 0 Å². The van der Waals surface area contributed by atoms with Crippen LogP contribution in [0.3, 0.4) is 0 Å². The van der Waals surface area contributed by atoms with E-state index in [1.165, 1.54) is 10.6 Å². The summed E-state index contributed by atoms with van der Waals surface area (Å²) in [5, 5.41) is 11.5. The molecule has 20 heavy (non-hydrogen) atoms. The summed E-state index contributed by atoms with van der Waals surface area (Å²) in [6.45, 7) is 4.02. The molecule has 0 spiro atoms. The number of aliphatic carboxylic acids is 1. The van der Waals surface area contributed by atoms with Crippen molar-refractivity contribution in [1.29, 1.82) is 0 Å². The number of carbonyl (C=O) groups is 2. The zero-order valence-corrected chi connectivity index (χ0v) is 11.7. The van der Waals surface area contributed by atoms with Crippen molar-refractivity contribution < 1.29 is 14.7 Å². The molecule has 0 aliphatic heterocycles. The number of hydrogen-bond donors (Lipinski definition) is 2. The normalized spacial score (nSPS) is 12.2. The number of aryl methyl sites for hydroxylation is 1. The van der Waals surface area contributed by atoms with Gasteiger partial charge >= 0.3 is 5.97 Å². The van der Waals surface area contributed by atoms with Crippen molar-refractivity contribution in [2.75, 3.05) is 0 Å². The van der Waals surface area contributed by atoms with Gasteiger partial charge in [0.05, 0.1) is 0 Å². The topological polar surface area (TPSA) is 88.4 Å². The van der Waals surface area contributed by atoms with E-state index in [-0.39, 0.29) is 30.3 Å². The number of rotatable bonds is 7. The zero-order chi connectivity index (χ0) is 15.1. The molecular weight excluding hydrogens is 260 g/mol. The molecule has 1 rings (SSSR count). The SMILES string of the molecule is CC(C)C[C@@H](NC(=O)CCn1ccccc1=O)C(=O)O. The van der Waals surface area contributed by atoms with Crippen molar-refractivity contribution in [2.45, 2.75) is 39.3 Å². The molecule has 0 radical (unpaired) electrons. The molecule has 6 nitrogen and oxygen atoms in total. The molecule has 1 aromatic rings. The highest BCUT2D eigenvalue weighted by molar-refractivity contribution is 5.83. The van der Waals surface area contributed by atoms with Crippen molar-refractivity contribution in [3.05, 3.63) is 34.7 Å². The fraction of sp³-hybridized carbons (Fsp3) is 0.500. The molecule has 2 N–H and O–H groups in total. The number of aromatic nitrogens is 1. The Labute approximate surface area is 117 Å². The van der Waals surface area contributed by atoms with Crippen LogP contribution >= 0.6 is 0 Å². The number of nitrogens with one attached hydrogen (secondary N) is 1. The molecule has 0 aliphatic rings. The monoisotopic (exact) mass is 280 g/mol. The summed E-state index contributed by atoms with van der Waals surface area (Å²) in [6.07, 6.45) is 2.05. The summed E-state index contributed by atoms with van der Waals surface area (Å²) in [7, 11) is 0. The third kappa shape index (κ3) is 5.26. The molecule has 0 aromatic carbocycles.